The SMILES string of the molecule is Cc1ccc(S(=O)(=O)N2CCN(C(=O)C(C)Oc3ccc(O)cc3)CC2)c(C)c1. The number of ether oxygens (including phenoxy) is 1. The molecule has 3 rings (SSSR count). The maximum absolute atomic E-state index is 13.0. The Morgan fingerprint density at radius 3 is 2.24 bits per heavy atom. The Hall–Kier alpha value is -2.58. The highest BCUT2D eigenvalue weighted by atomic mass is 32.2. The number of aryl methyl sites for hydroxylation is 2. The molecule has 1 heterocycles. The summed E-state index contributed by atoms with van der Waals surface area (Å²) in [5.41, 5.74) is 1.74. The number of carbonyl (C=O) groups excluding carboxylic acids is 1. The van der Waals surface area contributed by atoms with Crippen molar-refractivity contribution in [3.05, 3.63) is 53.6 Å². The average molecular weight is 419 g/mol. The third-order valence-electron chi connectivity index (χ3n) is 5.00. The molecule has 0 spiro atoms. The first kappa shape index (κ1) is 21.1. The highest BCUT2D eigenvalue weighted by Gasteiger charge is 2.32. The largest absolute Gasteiger partial charge is 0.508 e. The number of phenolic OH excluding ortho intramolecular Hbond substituents is 1. The predicted octanol–water partition coefficient (Wildman–Crippen LogP) is 2.31. The van der Waals surface area contributed by atoms with Crippen molar-refractivity contribution in [2.24, 2.45) is 0 Å². The average Bonchev–Trinajstić information content (AvgIpc) is 2.69. The van der Waals surface area contributed by atoms with Gasteiger partial charge in [0.25, 0.3) is 5.91 Å². The van der Waals surface area contributed by atoms with E-state index in [9.17, 15) is 18.3 Å². The van der Waals surface area contributed by atoms with E-state index in [1.54, 1.807) is 43.0 Å². The summed E-state index contributed by atoms with van der Waals surface area (Å²) in [4.78, 5) is 14.6. The number of rotatable bonds is 5. The van der Waals surface area contributed by atoms with Crippen molar-refractivity contribution in [2.75, 3.05) is 26.2 Å². The summed E-state index contributed by atoms with van der Waals surface area (Å²) in [6, 6.07) is 11.5. The lowest BCUT2D eigenvalue weighted by atomic mass is 10.2. The molecule has 29 heavy (non-hydrogen) atoms. The van der Waals surface area contributed by atoms with Crippen molar-refractivity contribution < 1.29 is 23.1 Å². The first-order chi connectivity index (χ1) is 13.7. The van der Waals surface area contributed by atoms with Crippen LogP contribution in [-0.2, 0) is 14.8 Å². The summed E-state index contributed by atoms with van der Waals surface area (Å²) in [5, 5.41) is 9.32. The fourth-order valence-corrected chi connectivity index (χ4v) is 5.04. The third kappa shape index (κ3) is 4.71. The lowest BCUT2D eigenvalue weighted by Gasteiger charge is -2.35. The van der Waals surface area contributed by atoms with Crippen LogP contribution >= 0.6 is 0 Å². The van der Waals surface area contributed by atoms with Gasteiger partial charge in [-0.1, -0.05) is 17.7 Å². The number of sulfonamides is 1. The smallest absolute Gasteiger partial charge is 0.263 e. The van der Waals surface area contributed by atoms with Crippen molar-refractivity contribution in [1.82, 2.24) is 9.21 Å². The van der Waals surface area contributed by atoms with Crippen LogP contribution in [0.4, 0.5) is 0 Å². The van der Waals surface area contributed by atoms with Gasteiger partial charge in [-0.05, 0) is 56.7 Å². The van der Waals surface area contributed by atoms with Gasteiger partial charge in [0.1, 0.15) is 11.5 Å². The Kier molecular flexibility index (Phi) is 6.14. The molecule has 1 atom stereocenters. The fraction of sp³-hybridized carbons (Fsp3) is 0.381. The summed E-state index contributed by atoms with van der Waals surface area (Å²) in [5.74, 6) is 0.416. The van der Waals surface area contributed by atoms with Gasteiger partial charge in [0.05, 0.1) is 4.90 Å². The molecule has 0 aromatic heterocycles. The highest BCUT2D eigenvalue weighted by Crippen LogP contribution is 2.23. The van der Waals surface area contributed by atoms with E-state index in [1.165, 1.54) is 16.4 Å². The van der Waals surface area contributed by atoms with Crippen LogP contribution in [0, 0.1) is 13.8 Å². The van der Waals surface area contributed by atoms with Gasteiger partial charge >= 0.3 is 0 Å². The van der Waals surface area contributed by atoms with Crippen LogP contribution in [0.5, 0.6) is 11.5 Å². The van der Waals surface area contributed by atoms with Crippen LogP contribution in [0.3, 0.4) is 0 Å². The zero-order valence-corrected chi connectivity index (χ0v) is 17.6. The van der Waals surface area contributed by atoms with E-state index in [0.717, 1.165) is 11.1 Å². The summed E-state index contributed by atoms with van der Waals surface area (Å²) < 4.78 is 33.0. The summed E-state index contributed by atoms with van der Waals surface area (Å²) in [6.07, 6.45) is -0.706. The standard InChI is InChI=1S/C21H26N2O5S/c1-15-4-9-20(16(2)14-15)29(26,27)23-12-10-22(11-13-23)21(25)17(3)28-19-7-5-18(24)6-8-19/h4-9,14,17,24H,10-13H2,1-3H3. The Balaban J connectivity index is 1.62. The lowest BCUT2D eigenvalue weighted by Crippen LogP contribution is -2.53. The Morgan fingerprint density at radius 1 is 1.03 bits per heavy atom. The minimum Gasteiger partial charge on any atom is -0.508 e. The molecule has 8 heteroatoms. The van der Waals surface area contributed by atoms with Gasteiger partial charge in [-0.25, -0.2) is 8.42 Å². The van der Waals surface area contributed by atoms with E-state index < -0.39 is 16.1 Å². The van der Waals surface area contributed by atoms with Crippen LogP contribution < -0.4 is 4.74 Å². The lowest BCUT2D eigenvalue weighted by molar-refractivity contribution is -0.139. The minimum atomic E-state index is -3.59. The molecular weight excluding hydrogens is 392 g/mol. The number of hydrogen-bond acceptors (Lipinski definition) is 5. The van der Waals surface area contributed by atoms with Crippen LogP contribution in [-0.4, -0.2) is 60.9 Å². The molecule has 0 saturated carbocycles. The number of carbonyl (C=O) groups is 1. The van der Waals surface area contributed by atoms with Gasteiger partial charge in [-0.15, -0.1) is 0 Å². The molecule has 1 N–H and O–H groups in total. The third-order valence-corrected chi connectivity index (χ3v) is 7.05. The van der Waals surface area contributed by atoms with Crippen molar-refractivity contribution in [2.45, 2.75) is 31.8 Å². The second kappa shape index (κ2) is 8.42. The van der Waals surface area contributed by atoms with Crippen LogP contribution in [0.1, 0.15) is 18.1 Å². The van der Waals surface area contributed by atoms with Crippen LogP contribution in [0.15, 0.2) is 47.4 Å². The molecule has 2 aromatic rings. The maximum Gasteiger partial charge on any atom is 0.263 e. The van der Waals surface area contributed by atoms with Gasteiger partial charge in [-0.3, -0.25) is 4.79 Å². The van der Waals surface area contributed by atoms with Gasteiger partial charge in [0, 0.05) is 26.2 Å². The first-order valence-electron chi connectivity index (χ1n) is 9.50. The Bertz CT molecular complexity index is 981. The molecule has 1 fully saturated rings. The van der Waals surface area contributed by atoms with Crippen LogP contribution in [0.2, 0.25) is 0 Å². The topological polar surface area (TPSA) is 87.2 Å². The van der Waals surface area contributed by atoms with Crippen LogP contribution in [0.25, 0.3) is 0 Å². The summed E-state index contributed by atoms with van der Waals surface area (Å²) in [6.45, 7) is 6.49. The fourth-order valence-electron chi connectivity index (χ4n) is 3.41. The number of amides is 1. The number of aromatic hydroxyl groups is 1. The van der Waals surface area contributed by atoms with Crippen molar-refractivity contribution in [3.63, 3.8) is 0 Å². The molecule has 0 aliphatic carbocycles. The minimum absolute atomic E-state index is 0.123. The van der Waals surface area contributed by atoms with Gasteiger partial charge in [-0.2, -0.15) is 4.31 Å². The zero-order chi connectivity index (χ0) is 21.2. The van der Waals surface area contributed by atoms with E-state index in [1.807, 2.05) is 13.0 Å². The zero-order valence-electron chi connectivity index (χ0n) is 16.8. The van der Waals surface area contributed by atoms with Crippen molar-refractivity contribution >= 4 is 15.9 Å². The molecular formula is C21H26N2O5S. The number of piperazine rings is 1. The Morgan fingerprint density at radius 2 is 1.66 bits per heavy atom. The monoisotopic (exact) mass is 418 g/mol. The molecule has 156 valence electrons. The summed E-state index contributed by atoms with van der Waals surface area (Å²) >= 11 is 0. The predicted molar refractivity (Wildman–Crippen MR) is 109 cm³/mol. The molecule has 1 unspecified atom stereocenters. The molecule has 0 bridgehead atoms. The number of benzene rings is 2. The van der Waals surface area contributed by atoms with E-state index in [0.29, 0.717) is 23.7 Å². The number of nitrogens with zero attached hydrogens (tertiary/aromatic N) is 2. The number of phenols is 1. The highest BCUT2D eigenvalue weighted by molar-refractivity contribution is 7.89. The maximum atomic E-state index is 13.0. The van der Waals surface area contributed by atoms with E-state index in [2.05, 4.69) is 0 Å². The van der Waals surface area contributed by atoms with Crippen molar-refractivity contribution in [3.8, 4) is 11.5 Å². The van der Waals surface area contributed by atoms with Gasteiger partial charge in [0.2, 0.25) is 10.0 Å². The molecule has 2 aromatic carbocycles. The van der Waals surface area contributed by atoms with E-state index >= 15 is 0 Å². The second-order valence-corrected chi connectivity index (χ2v) is 9.16. The first-order valence-corrected chi connectivity index (χ1v) is 10.9. The quantitative estimate of drug-likeness (QED) is 0.805. The number of hydrogen-bond donors (Lipinski definition) is 1. The molecule has 1 aliphatic rings. The molecule has 1 aliphatic heterocycles. The summed E-state index contributed by atoms with van der Waals surface area (Å²) in [7, 11) is -3.59. The second-order valence-electron chi connectivity index (χ2n) is 7.25. The van der Waals surface area contributed by atoms with Gasteiger partial charge in [0.15, 0.2) is 6.10 Å². The van der Waals surface area contributed by atoms with E-state index in [4.69, 9.17) is 4.74 Å². The molecule has 1 saturated heterocycles. The van der Waals surface area contributed by atoms with Crippen molar-refractivity contribution in [1.29, 1.82) is 0 Å². The molecule has 1 amide bonds. The Labute approximate surface area is 171 Å². The van der Waals surface area contributed by atoms with E-state index in [-0.39, 0.29) is 24.7 Å². The van der Waals surface area contributed by atoms with Gasteiger partial charge < -0.3 is 14.7 Å². The molecule has 0 radical (unpaired) electrons. The normalized spacial score (nSPS) is 16.4. The molecule has 7 nitrogen and oxygen atoms in total.